The lowest BCUT2D eigenvalue weighted by atomic mass is 10.0. The van der Waals surface area contributed by atoms with E-state index in [0.717, 1.165) is 12.1 Å². The molecule has 3 heteroatoms. The van der Waals surface area contributed by atoms with Crippen LogP contribution in [0.3, 0.4) is 0 Å². The third kappa shape index (κ3) is 4.07. The fourth-order valence-corrected chi connectivity index (χ4v) is 2.33. The Morgan fingerprint density at radius 3 is 2.30 bits per heavy atom. The van der Waals surface area contributed by atoms with E-state index in [0.29, 0.717) is 5.11 Å². The van der Waals surface area contributed by atoms with Gasteiger partial charge in [-0.05, 0) is 43.3 Å². The molecule has 0 saturated carbocycles. The Kier molecular flexibility index (Phi) is 5.13. The maximum atomic E-state index is 5.38. The van der Waals surface area contributed by atoms with Crippen molar-refractivity contribution < 1.29 is 0 Å². The first-order valence-corrected chi connectivity index (χ1v) is 7.29. The van der Waals surface area contributed by atoms with Gasteiger partial charge in [0.25, 0.3) is 0 Å². The van der Waals surface area contributed by atoms with Crippen molar-refractivity contribution >= 4 is 23.0 Å². The van der Waals surface area contributed by atoms with Crippen LogP contribution in [0.4, 0.5) is 5.69 Å². The van der Waals surface area contributed by atoms with Crippen LogP contribution in [0.5, 0.6) is 0 Å². The van der Waals surface area contributed by atoms with Crippen LogP contribution in [0.15, 0.2) is 54.6 Å². The van der Waals surface area contributed by atoms with E-state index in [4.69, 9.17) is 12.2 Å². The van der Waals surface area contributed by atoms with E-state index in [1.807, 2.05) is 30.3 Å². The summed E-state index contributed by atoms with van der Waals surface area (Å²) in [6, 6.07) is 18.8. The van der Waals surface area contributed by atoms with Crippen molar-refractivity contribution in [2.75, 3.05) is 5.32 Å². The van der Waals surface area contributed by atoms with Gasteiger partial charge in [0.15, 0.2) is 5.11 Å². The minimum atomic E-state index is 0.235. The van der Waals surface area contributed by atoms with Gasteiger partial charge in [0, 0.05) is 5.69 Å². The van der Waals surface area contributed by atoms with Crippen molar-refractivity contribution in [2.24, 2.45) is 0 Å². The Morgan fingerprint density at radius 1 is 1.05 bits per heavy atom. The van der Waals surface area contributed by atoms with E-state index in [-0.39, 0.29) is 6.04 Å². The molecule has 1 atom stereocenters. The summed E-state index contributed by atoms with van der Waals surface area (Å²) >= 11 is 5.38. The maximum Gasteiger partial charge on any atom is 0.171 e. The molecule has 0 fully saturated rings. The van der Waals surface area contributed by atoms with Crippen molar-refractivity contribution in [3.63, 3.8) is 0 Å². The number of thiocarbonyl (C=S) groups is 1. The van der Waals surface area contributed by atoms with E-state index in [2.05, 4.69) is 48.7 Å². The summed E-state index contributed by atoms with van der Waals surface area (Å²) in [7, 11) is 0. The summed E-state index contributed by atoms with van der Waals surface area (Å²) in [5, 5.41) is 7.24. The molecule has 104 valence electrons. The van der Waals surface area contributed by atoms with Gasteiger partial charge in [0.05, 0.1) is 6.04 Å². The minimum absolute atomic E-state index is 0.235. The van der Waals surface area contributed by atoms with Gasteiger partial charge in [-0.1, -0.05) is 55.0 Å². The average Bonchev–Trinajstić information content (AvgIpc) is 2.47. The highest BCUT2D eigenvalue weighted by Gasteiger charge is 2.10. The molecule has 0 aromatic heterocycles. The lowest BCUT2D eigenvalue weighted by Gasteiger charge is -2.20. The van der Waals surface area contributed by atoms with Crippen LogP contribution in [0.2, 0.25) is 0 Å². The molecule has 0 amide bonds. The molecule has 0 aliphatic heterocycles. The first kappa shape index (κ1) is 14.5. The van der Waals surface area contributed by atoms with Gasteiger partial charge >= 0.3 is 0 Å². The van der Waals surface area contributed by atoms with Gasteiger partial charge in [0.1, 0.15) is 0 Å². The molecule has 0 aliphatic rings. The highest BCUT2D eigenvalue weighted by atomic mass is 32.1. The molecule has 0 radical (unpaired) electrons. The average molecular weight is 284 g/mol. The molecule has 0 heterocycles. The highest BCUT2D eigenvalue weighted by molar-refractivity contribution is 7.80. The summed E-state index contributed by atoms with van der Waals surface area (Å²) in [6.45, 7) is 4.25. The molecule has 2 nitrogen and oxygen atoms in total. The highest BCUT2D eigenvalue weighted by Crippen LogP contribution is 2.17. The van der Waals surface area contributed by atoms with Gasteiger partial charge in [-0.15, -0.1) is 0 Å². The summed E-state index contributed by atoms with van der Waals surface area (Å²) in [6.07, 6.45) is 0.986. The van der Waals surface area contributed by atoms with E-state index in [1.165, 1.54) is 11.1 Å². The largest absolute Gasteiger partial charge is 0.356 e. The van der Waals surface area contributed by atoms with Crippen molar-refractivity contribution in [3.05, 3.63) is 65.7 Å². The molecule has 0 aliphatic carbocycles. The molecule has 2 N–H and O–H groups in total. The van der Waals surface area contributed by atoms with Crippen molar-refractivity contribution in [1.82, 2.24) is 5.32 Å². The maximum absolute atomic E-state index is 5.38. The Labute approximate surface area is 126 Å². The van der Waals surface area contributed by atoms with Crippen LogP contribution in [-0.4, -0.2) is 5.11 Å². The fraction of sp³-hybridized carbons (Fsp3) is 0.235. The van der Waals surface area contributed by atoms with Crippen molar-refractivity contribution in [2.45, 2.75) is 26.3 Å². The molecule has 0 bridgehead atoms. The molecule has 20 heavy (non-hydrogen) atoms. The summed E-state index contributed by atoms with van der Waals surface area (Å²) in [5.74, 6) is 0. The summed E-state index contributed by atoms with van der Waals surface area (Å²) < 4.78 is 0. The zero-order valence-electron chi connectivity index (χ0n) is 11.9. The topological polar surface area (TPSA) is 24.1 Å². The normalized spacial score (nSPS) is 11.7. The minimum Gasteiger partial charge on any atom is -0.356 e. The zero-order chi connectivity index (χ0) is 14.4. The monoisotopic (exact) mass is 284 g/mol. The van der Waals surface area contributed by atoms with Gasteiger partial charge in [-0.25, -0.2) is 0 Å². The fourth-order valence-electron chi connectivity index (χ4n) is 2.07. The van der Waals surface area contributed by atoms with Crippen LogP contribution in [0.25, 0.3) is 0 Å². The Balaban J connectivity index is 1.99. The number of aryl methyl sites for hydroxylation is 1. The zero-order valence-corrected chi connectivity index (χ0v) is 12.7. The third-order valence-corrected chi connectivity index (χ3v) is 3.44. The summed E-state index contributed by atoms with van der Waals surface area (Å²) in [5.41, 5.74) is 3.53. The number of anilines is 1. The second kappa shape index (κ2) is 7.06. The van der Waals surface area contributed by atoms with E-state index in [1.54, 1.807) is 0 Å². The Morgan fingerprint density at radius 2 is 1.70 bits per heavy atom. The molecular formula is C17H20N2S. The van der Waals surface area contributed by atoms with Crippen LogP contribution < -0.4 is 10.6 Å². The molecule has 2 aromatic carbocycles. The Hall–Kier alpha value is -1.87. The third-order valence-electron chi connectivity index (χ3n) is 3.22. The van der Waals surface area contributed by atoms with Gasteiger partial charge in [0.2, 0.25) is 0 Å². The quantitative estimate of drug-likeness (QED) is 0.812. The number of benzene rings is 2. The lowest BCUT2D eigenvalue weighted by Crippen LogP contribution is -2.32. The first-order chi connectivity index (χ1) is 9.69. The predicted octanol–water partition coefficient (Wildman–Crippen LogP) is 4.43. The van der Waals surface area contributed by atoms with E-state index in [9.17, 15) is 0 Å². The van der Waals surface area contributed by atoms with Crippen LogP contribution in [0, 0.1) is 6.92 Å². The molecule has 2 rings (SSSR count). The number of hydrogen-bond donors (Lipinski definition) is 2. The Bertz CT molecular complexity index is 549. The number of para-hydroxylation sites is 1. The van der Waals surface area contributed by atoms with E-state index < -0.39 is 0 Å². The number of nitrogens with one attached hydrogen (secondary N) is 2. The molecular weight excluding hydrogens is 264 g/mol. The smallest absolute Gasteiger partial charge is 0.171 e. The van der Waals surface area contributed by atoms with E-state index >= 15 is 0 Å². The van der Waals surface area contributed by atoms with Gasteiger partial charge in [-0.2, -0.15) is 0 Å². The van der Waals surface area contributed by atoms with Crippen molar-refractivity contribution in [1.29, 1.82) is 0 Å². The van der Waals surface area contributed by atoms with Crippen LogP contribution in [0.1, 0.15) is 30.5 Å². The van der Waals surface area contributed by atoms with Gasteiger partial charge in [-0.3, -0.25) is 0 Å². The predicted molar refractivity (Wildman–Crippen MR) is 90.0 cm³/mol. The second-order valence-corrected chi connectivity index (χ2v) is 5.24. The van der Waals surface area contributed by atoms with Crippen molar-refractivity contribution in [3.8, 4) is 0 Å². The number of hydrogen-bond acceptors (Lipinski definition) is 1. The first-order valence-electron chi connectivity index (χ1n) is 6.88. The molecule has 1 unspecified atom stereocenters. The molecule has 0 spiro atoms. The van der Waals surface area contributed by atoms with Crippen LogP contribution >= 0.6 is 12.2 Å². The van der Waals surface area contributed by atoms with Crippen LogP contribution in [-0.2, 0) is 0 Å². The van der Waals surface area contributed by atoms with Gasteiger partial charge < -0.3 is 10.6 Å². The lowest BCUT2D eigenvalue weighted by molar-refractivity contribution is 0.629. The second-order valence-electron chi connectivity index (χ2n) is 4.84. The standard InChI is InChI=1S/C17H20N2S/c1-3-16(14-11-9-13(2)10-12-14)19-17(20)18-15-7-5-4-6-8-15/h4-12,16H,3H2,1-2H3,(H2,18,19,20). The SMILES string of the molecule is CCC(NC(=S)Nc1ccccc1)c1ccc(C)cc1. The molecule has 2 aromatic rings. The number of rotatable bonds is 4. The molecule has 0 saturated heterocycles. The summed E-state index contributed by atoms with van der Waals surface area (Å²) in [4.78, 5) is 0.